The van der Waals surface area contributed by atoms with Gasteiger partial charge in [-0.1, -0.05) is 27.5 Å². The maximum atomic E-state index is 6.20. The number of nitrogens with one attached hydrogen (secondary N) is 1. The van der Waals surface area contributed by atoms with Gasteiger partial charge >= 0.3 is 0 Å². The van der Waals surface area contributed by atoms with E-state index in [4.69, 9.17) is 11.6 Å². The van der Waals surface area contributed by atoms with E-state index in [-0.39, 0.29) is 0 Å². The van der Waals surface area contributed by atoms with Gasteiger partial charge in [-0.15, -0.1) is 0 Å². The number of imidazole rings is 1. The van der Waals surface area contributed by atoms with Crippen molar-refractivity contribution >= 4 is 39.2 Å². The Bertz CT molecular complexity index is 590. The zero-order chi connectivity index (χ0) is 12.7. The molecular formula is C13H13BrClN3. The Hall–Kier alpha value is -1.00. The number of hydrogen-bond acceptors (Lipinski definition) is 2. The third kappa shape index (κ3) is 2.40. The van der Waals surface area contributed by atoms with Crippen molar-refractivity contribution in [2.45, 2.75) is 25.8 Å². The predicted octanol–water partition coefficient (Wildman–Crippen LogP) is 4.69. The number of rotatable bonds is 3. The van der Waals surface area contributed by atoms with Gasteiger partial charge in [0.1, 0.15) is 0 Å². The molecule has 0 unspecified atom stereocenters. The van der Waals surface area contributed by atoms with Gasteiger partial charge in [0.05, 0.1) is 16.4 Å². The minimum absolute atomic E-state index is 0.600. The second-order valence-corrected chi connectivity index (χ2v) is 5.92. The lowest BCUT2D eigenvalue weighted by Crippen LogP contribution is -2.01. The van der Waals surface area contributed by atoms with Crippen LogP contribution in [0.25, 0.3) is 0 Å². The summed E-state index contributed by atoms with van der Waals surface area (Å²) in [5.74, 6) is 0.874. The van der Waals surface area contributed by atoms with Crippen molar-refractivity contribution in [1.29, 1.82) is 0 Å². The molecule has 3 rings (SSSR count). The topological polar surface area (TPSA) is 29.9 Å². The van der Waals surface area contributed by atoms with Crippen molar-refractivity contribution in [3.63, 3.8) is 0 Å². The number of nitrogens with zero attached hydrogens (tertiary/aromatic N) is 2. The first-order valence-electron chi connectivity index (χ1n) is 5.91. The zero-order valence-corrected chi connectivity index (χ0v) is 12.3. The van der Waals surface area contributed by atoms with Crippen LogP contribution in [0.15, 0.2) is 28.9 Å². The number of halogens is 2. The fraction of sp³-hybridized carbons (Fsp3) is 0.308. The fourth-order valence-corrected chi connectivity index (χ4v) is 2.67. The molecule has 1 aliphatic rings. The molecule has 1 fully saturated rings. The molecule has 0 aliphatic heterocycles. The lowest BCUT2D eigenvalue weighted by Gasteiger charge is -2.10. The molecule has 0 spiro atoms. The predicted molar refractivity (Wildman–Crippen MR) is 77.7 cm³/mol. The summed E-state index contributed by atoms with van der Waals surface area (Å²) in [4.78, 5) is 4.51. The van der Waals surface area contributed by atoms with E-state index in [0.717, 1.165) is 21.8 Å². The Morgan fingerprint density at radius 3 is 2.89 bits per heavy atom. The first-order valence-corrected chi connectivity index (χ1v) is 7.08. The van der Waals surface area contributed by atoms with Crippen LogP contribution in [-0.4, -0.2) is 9.55 Å². The van der Waals surface area contributed by atoms with Crippen LogP contribution in [0, 0.1) is 6.92 Å². The van der Waals surface area contributed by atoms with Crippen molar-refractivity contribution in [2.24, 2.45) is 0 Å². The summed E-state index contributed by atoms with van der Waals surface area (Å²) < 4.78 is 3.17. The summed E-state index contributed by atoms with van der Waals surface area (Å²) in [5.41, 5.74) is 1.91. The SMILES string of the molecule is Cc1cn(C2CC2)c(Nc2ccc(Br)cc2Cl)n1. The zero-order valence-electron chi connectivity index (χ0n) is 9.95. The number of hydrogen-bond donors (Lipinski definition) is 1. The smallest absolute Gasteiger partial charge is 0.207 e. The van der Waals surface area contributed by atoms with Gasteiger partial charge in [0.25, 0.3) is 0 Å². The largest absolute Gasteiger partial charge is 0.324 e. The van der Waals surface area contributed by atoms with Crippen molar-refractivity contribution in [3.8, 4) is 0 Å². The average Bonchev–Trinajstić information content (AvgIpc) is 3.08. The van der Waals surface area contributed by atoms with Crippen LogP contribution in [0.5, 0.6) is 0 Å². The molecule has 1 aliphatic carbocycles. The van der Waals surface area contributed by atoms with Crippen molar-refractivity contribution in [1.82, 2.24) is 9.55 Å². The van der Waals surface area contributed by atoms with E-state index in [2.05, 4.69) is 37.0 Å². The quantitative estimate of drug-likeness (QED) is 0.887. The molecule has 3 nitrogen and oxygen atoms in total. The molecule has 2 aromatic rings. The highest BCUT2D eigenvalue weighted by atomic mass is 79.9. The molecule has 1 aromatic carbocycles. The first-order chi connectivity index (χ1) is 8.63. The van der Waals surface area contributed by atoms with Crippen LogP contribution in [-0.2, 0) is 0 Å². The number of aromatic nitrogens is 2. The van der Waals surface area contributed by atoms with Crippen molar-refractivity contribution in [2.75, 3.05) is 5.32 Å². The van der Waals surface area contributed by atoms with Gasteiger partial charge in [-0.05, 0) is 38.0 Å². The van der Waals surface area contributed by atoms with Gasteiger partial charge in [0.15, 0.2) is 0 Å². The molecule has 18 heavy (non-hydrogen) atoms. The maximum absolute atomic E-state index is 6.20. The Morgan fingerprint density at radius 1 is 1.44 bits per heavy atom. The van der Waals surface area contributed by atoms with E-state index in [1.54, 1.807) is 0 Å². The summed E-state index contributed by atoms with van der Waals surface area (Å²) in [6.07, 6.45) is 4.56. The minimum Gasteiger partial charge on any atom is -0.324 e. The maximum Gasteiger partial charge on any atom is 0.207 e. The number of anilines is 2. The molecular weight excluding hydrogens is 314 g/mol. The molecule has 0 atom stereocenters. The summed E-state index contributed by atoms with van der Waals surface area (Å²) >= 11 is 9.60. The van der Waals surface area contributed by atoms with E-state index in [1.807, 2.05) is 25.1 Å². The van der Waals surface area contributed by atoms with E-state index in [0.29, 0.717) is 11.1 Å². The standard InChI is InChI=1S/C13H13BrClN3/c1-8-7-18(10-3-4-10)13(16-8)17-12-5-2-9(14)6-11(12)15/h2,5-7,10H,3-4H2,1H3,(H,16,17). The lowest BCUT2D eigenvalue weighted by atomic mass is 10.3. The fourth-order valence-electron chi connectivity index (χ4n) is 1.95. The summed E-state index contributed by atoms with van der Waals surface area (Å²) in [6.45, 7) is 2.01. The molecule has 0 bridgehead atoms. The molecule has 5 heteroatoms. The molecule has 1 N–H and O–H groups in total. The van der Waals surface area contributed by atoms with Crippen LogP contribution in [0.1, 0.15) is 24.6 Å². The third-order valence-electron chi connectivity index (χ3n) is 2.97. The lowest BCUT2D eigenvalue weighted by molar-refractivity contribution is 0.750. The normalized spacial score (nSPS) is 14.8. The first kappa shape index (κ1) is 12.1. The van der Waals surface area contributed by atoms with Gasteiger partial charge in [-0.3, -0.25) is 0 Å². The van der Waals surface area contributed by atoms with Crippen LogP contribution in [0.3, 0.4) is 0 Å². The summed E-state index contributed by atoms with van der Waals surface area (Å²) in [6, 6.07) is 6.39. The monoisotopic (exact) mass is 325 g/mol. The Labute approximate surface area is 119 Å². The van der Waals surface area contributed by atoms with Crippen LogP contribution in [0.2, 0.25) is 5.02 Å². The molecule has 1 saturated carbocycles. The molecule has 0 radical (unpaired) electrons. The van der Waals surface area contributed by atoms with Crippen molar-refractivity contribution < 1.29 is 0 Å². The van der Waals surface area contributed by atoms with Gasteiger partial charge in [0, 0.05) is 16.7 Å². The molecule has 1 heterocycles. The summed E-state index contributed by atoms with van der Waals surface area (Å²) in [5, 5.41) is 4.00. The molecule has 94 valence electrons. The van der Waals surface area contributed by atoms with Crippen LogP contribution >= 0.6 is 27.5 Å². The van der Waals surface area contributed by atoms with E-state index >= 15 is 0 Å². The third-order valence-corrected chi connectivity index (χ3v) is 3.78. The summed E-state index contributed by atoms with van der Waals surface area (Å²) in [7, 11) is 0. The van der Waals surface area contributed by atoms with Gasteiger partial charge in [0.2, 0.25) is 5.95 Å². The molecule has 0 saturated heterocycles. The number of aryl methyl sites for hydroxylation is 1. The Morgan fingerprint density at radius 2 is 2.22 bits per heavy atom. The van der Waals surface area contributed by atoms with E-state index < -0.39 is 0 Å². The minimum atomic E-state index is 0.600. The van der Waals surface area contributed by atoms with Crippen molar-refractivity contribution in [3.05, 3.63) is 39.6 Å². The van der Waals surface area contributed by atoms with E-state index in [9.17, 15) is 0 Å². The molecule has 1 aromatic heterocycles. The average molecular weight is 327 g/mol. The van der Waals surface area contributed by atoms with Gasteiger partial charge in [-0.25, -0.2) is 4.98 Å². The highest BCUT2D eigenvalue weighted by molar-refractivity contribution is 9.10. The highest BCUT2D eigenvalue weighted by Crippen LogP contribution is 2.38. The molecule has 0 amide bonds. The highest BCUT2D eigenvalue weighted by Gasteiger charge is 2.26. The number of benzene rings is 1. The Balaban J connectivity index is 1.91. The Kier molecular flexibility index (Phi) is 3.08. The second kappa shape index (κ2) is 4.59. The van der Waals surface area contributed by atoms with Gasteiger partial charge in [-0.2, -0.15) is 0 Å². The van der Waals surface area contributed by atoms with Crippen LogP contribution in [0.4, 0.5) is 11.6 Å². The van der Waals surface area contributed by atoms with Gasteiger partial charge < -0.3 is 9.88 Å². The van der Waals surface area contributed by atoms with E-state index in [1.165, 1.54) is 12.8 Å². The second-order valence-electron chi connectivity index (χ2n) is 4.59. The van der Waals surface area contributed by atoms with Crippen LogP contribution < -0.4 is 5.32 Å².